The van der Waals surface area contributed by atoms with Crippen LogP contribution in [0.5, 0.6) is 0 Å². The Kier molecular flexibility index (Phi) is 5.22. The molecule has 1 heterocycles. The van der Waals surface area contributed by atoms with E-state index in [1.165, 1.54) is 0 Å². The van der Waals surface area contributed by atoms with Gasteiger partial charge in [0.25, 0.3) is 5.91 Å². The highest BCUT2D eigenvalue weighted by Gasteiger charge is 2.30. The lowest BCUT2D eigenvalue weighted by Gasteiger charge is -2.26. The van der Waals surface area contributed by atoms with Crippen LogP contribution in [0.25, 0.3) is 0 Å². The van der Waals surface area contributed by atoms with E-state index >= 15 is 0 Å². The third kappa shape index (κ3) is 3.07. The number of carbonyl (C=O) groups excluding carboxylic acids is 1. The molecule has 4 heteroatoms. The Balaban J connectivity index is 2.10. The van der Waals surface area contributed by atoms with Crippen molar-refractivity contribution in [2.24, 2.45) is 0 Å². The predicted molar refractivity (Wildman–Crippen MR) is 86.1 cm³/mol. The van der Waals surface area contributed by atoms with Gasteiger partial charge in [-0.05, 0) is 54.0 Å². The molecule has 0 aromatic heterocycles. The molecule has 0 bridgehead atoms. The van der Waals surface area contributed by atoms with Gasteiger partial charge in [0, 0.05) is 23.6 Å². The van der Waals surface area contributed by atoms with Crippen LogP contribution in [0.1, 0.15) is 36.2 Å². The van der Waals surface area contributed by atoms with E-state index in [9.17, 15) is 4.79 Å². The van der Waals surface area contributed by atoms with E-state index in [1.54, 1.807) is 0 Å². The lowest BCUT2D eigenvalue weighted by atomic mass is 10.1. The van der Waals surface area contributed by atoms with Gasteiger partial charge in [0.2, 0.25) is 0 Å². The summed E-state index contributed by atoms with van der Waals surface area (Å²) in [7, 11) is 0. The predicted octanol–water partition coefficient (Wildman–Crippen LogP) is 3.31. The van der Waals surface area contributed by atoms with Gasteiger partial charge in [0.15, 0.2) is 0 Å². The van der Waals surface area contributed by atoms with Crippen LogP contribution in [0.15, 0.2) is 22.7 Å². The minimum absolute atomic E-state index is 0.148. The molecule has 1 amide bonds. The van der Waals surface area contributed by atoms with E-state index < -0.39 is 0 Å². The van der Waals surface area contributed by atoms with Crippen molar-refractivity contribution in [2.45, 2.75) is 33.2 Å². The molecule has 1 atom stereocenters. The highest BCUT2D eigenvalue weighted by atomic mass is 79.9. The zero-order valence-corrected chi connectivity index (χ0v) is 14.1. The minimum atomic E-state index is 0.148. The lowest BCUT2D eigenvalue weighted by molar-refractivity contribution is 0.0777. The third-order valence-electron chi connectivity index (χ3n) is 4.20. The van der Waals surface area contributed by atoms with E-state index in [-0.39, 0.29) is 5.91 Å². The number of rotatable bonds is 4. The normalized spacial score (nSPS) is 18.9. The van der Waals surface area contributed by atoms with Crippen molar-refractivity contribution in [1.29, 1.82) is 0 Å². The summed E-state index contributed by atoms with van der Waals surface area (Å²) in [6.45, 7) is 10.2. The van der Waals surface area contributed by atoms with Crippen molar-refractivity contribution in [3.63, 3.8) is 0 Å². The summed E-state index contributed by atoms with van der Waals surface area (Å²) in [6, 6.07) is 6.39. The van der Waals surface area contributed by atoms with Gasteiger partial charge >= 0.3 is 0 Å². The smallest absolute Gasteiger partial charge is 0.255 e. The molecule has 1 unspecified atom stereocenters. The quantitative estimate of drug-likeness (QED) is 0.840. The second-order valence-electron chi connectivity index (χ2n) is 5.35. The van der Waals surface area contributed by atoms with E-state index in [1.807, 2.05) is 30.0 Å². The first kappa shape index (κ1) is 15.5. The van der Waals surface area contributed by atoms with Crippen molar-refractivity contribution >= 4 is 21.8 Å². The Morgan fingerprint density at radius 2 is 2.10 bits per heavy atom. The van der Waals surface area contributed by atoms with Crippen molar-refractivity contribution < 1.29 is 4.79 Å². The summed E-state index contributed by atoms with van der Waals surface area (Å²) in [5.41, 5.74) is 1.89. The first-order chi connectivity index (χ1) is 9.58. The van der Waals surface area contributed by atoms with Crippen LogP contribution in [-0.2, 0) is 0 Å². The Labute approximate surface area is 130 Å². The zero-order valence-electron chi connectivity index (χ0n) is 12.5. The van der Waals surface area contributed by atoms with Gasteiger partial charge in [-0.2, -0.15) is 0 Å². The van der Waals surface area contributed by atoms with Crippen molar-refractivity contribution in [3.05, 3.63) is 33.8 Å². The lowest BCUT2D eigenvalue weighted by Crippen LogP contribution is -2.38. The summed E-state index contributed by atoms with van der Waals surface area (Å²) >= 11 is 3.54. The average molecular weight is 339 g/mol. The molecule has 1 aromatic rings. The standard InChI is InChI=1S/C16H23BrN2O/c1-4-18(5-2)13-9-10-19(11-13)16(20)14-8-6-7-12(3)15(14)17/h6-8,13H,4-5,9-11H2,1-3H3. The van der Waals surface area contributed by atoms with E-state index in [4.69, 9.17) is 0 Å². The molecule has 0 aliphatic carbocycles. The third-order valence-corrected chi connectivity index (χ3v) is 5.25. The fourth-order valence-corrected chi connectivity index (χ4v) is 3.38. The fourth-order valence-electron chi connectivity index (χ4n) is 2.95. The van der Waals surface area contributed by atoms with E-state index in [2.05, 4.69) is 34.7 Å². The van der Waals surface area contributed by atoms with Crippen molar-refractivity contribution in [2.75, 3.05) is 26.2 Å². The summed E-state index contributed by atoms with van der Waals surface area (Å²) in [4.78, 5) is 17.1. The van der Waals surface area contributed by atoms with Crippen molar-refractivity contribution in [1.82, 2.24) is 9.80 Å². The molecule has 1 aliphatic rings. The molecular formula is C16H23BrN2O. The first-order valence-corrected chi connectivity index (χ1v) is 8.16. The Morgan fingerprint density at radius 1 is 1.40 bits per heavy atom. The highest BCUT2D eigenvalue weighted by molar-refractivity contribution is 9.10. The number of nitrogens with zero attached hydrogens (tertiary/aromatic N) is 2. The maximum Gasteiger partial charge on any atom is 0.255 e. The van der Waals surface area contributed by atoms with Crippen LogP contribution in [0.4, 0.5) is 0 Å². The number of aryl methyl sites for hydroxylation is 1. The van der Waals surface area contributed by atoms with Gasteiger partial charge in [0.05, 0.1) is 5.56 Å². The summed E-state index contributed by atoms with van der Waals surface area (Å²) in [5.74, 6) is 0.148. The number of likely N-dealkylation sites (tertiary alicyclic amines) is 1. The number of hydrogen-bond donors (Lipinski definition) is 0. The molecule has 0 saturated carbocycles. The number of amides is 1. The average Bonchev–Trinajstić information content (AvgIpc) is 2.92. The van der Waals surface area contributed by atoms with Gasteiger partial charge in [-0.3, -0.25) is 9.69 Å². The fraction of sp³-hybridized carbons (Fsp3) is 0.562. The monoisotopic (exact) mass is 338 g/mol. The Bertz CT molecular complexity index is 485. The molecule has 20 heavy (non-hydrogen) atoms. The van der Waals surface area contributed by atoms with Gasteiger partial charge in [-0.1, -0.05) is 26.0 Å². The van der Waals surface area contributed by atoms with Crippen LogP contribution < -0.4 is 0 Å². The number of benzene rings is 1. The number of likely N-dealkylation sites (N-methyl/N-ethyl adjacent to an activating group) is 1. The van der Waals surface area contributed by atoms with E-state index in [0.717, 1.165) is 48.2 Å². The maximum atomic E-state index is 12.6. The zero-order chi connectivity index (χ0) is 14.7. The van der Waals surface area contributed by atoms with Gasteiger partial charge in [0.1, 0.15) is 0 Å². The molecule has 2 rings (SSSR count). The van der Waals surface area contributed by atoms with Crippen molar-refractivity contribution in [3.8, 4) is 0 Å². The van der Waals surface area contributed by atoms with Crippen LogP contribution in [0.3, 0.4) is 0 Å². The SMILES string of the molecule is CCN(CC)C1CCN(C(=O)c2cccc(C)c2Br)C1. The summed E-state index contributed by atoms with van der Waals surface area (Å²) < 4.78 is 0.927. The molecule has 110 valence electrons. The molecule has 1 saturated heterocycles. The van der Waals surface area contributed by atoms with Crippen LogP contribution >= 0.6 is 15.9 Å². The largest absolute Gasteiger partial charge is 0.337 e. The second-order valence-corrected chi connectivity index (χ2v) is 6.14. The Morgan fingerprint density at radius 3 is 2.75 bits per heavy atom. The number of carbonyl (C=O) groups is 1. The van der Waals surface area contributed by atoms with Gasteiger partial charge in [-0.25, -0.2) is 0 Å². The summed E-state index contributed by atoms with van der Waals surface area (Å²) in [6.07, 6.45) is 1.08. The van der Waals surface area contributed by atoms with Crippen LogP contribution in [0, 0.1) is 6.92 Å². The maximum absolute atomic E-state index is 12.6. The second kappa shape index (κ2) is 6.72. The molecule has 1 aromatic carbocycles. The molecule has 1 fully saturated rings. The van der Waals surface area contributed by atoms with Gasteiger partial charge in [-0.15, -0.1) is 0 Å². The number of halogens is 1. The van der Waals surface area contributed by atoms with Crippen LogP contribution in [0.2, 0.25) is 0 Å². The minimum Gasteiger partial charge on any atom is -0.337 e. The molecule has 0 N–H and O–H groups in total. The topological polar surface area (TPSA) is 23.6 Å². The molecule has 0 radical (unpaired) electrons. The number of hydrogen-bond acceptors (Lipinski definition) is 2. The van der Waals surface area contributed by atoms with Crippen LogP contribution in [-0.4, -0.2) is 47.9 Å². The van der Waals surface area contributed by atoms with Gasteiger partial charge < -0.3 is 4.90 Å². The highest BCUT2D eigenvalue weighted by Crippen LogP contribution is 2.25. The molecule has 3 nitrogen and oxygen atoms in total. The first-order valence-electron chi connectivity index (χ1n) is 7.36. The molecule has 0 spiro atoms. The summed E-state index contributed by atoms with van der Waals surface area (Å²) in [5, 5.41) is 0. The Hall–Kier alpha value is -0.870. The van der Waals surface area contributed by atoms with E-state index in [0.29, 0.717) is 6.04 Å². The molecule has 1 aliphatic heterocycles. The molecular weight excluding hydrogens is 316 g/mol.